The predicted molar refractivity (Wildman–Crippen MR) is 83.3 cm³/mol. The Bertz CT molecular complexity index is 796. The SMILES string of the molecule is COc1cccnc1NC(=O)c1nc(-c2cccs2)oc1C. The molecule has 0 aromatic carbocycles. The van der Waals surface area contributed by atoms with Gasteiger partial charge in [0.2, 0.25) is 5.89 Å². The molecule has 1 N–H and O–H groups in total. The maximum Gasteiger partial charge on any atom is 0.279 e. The van der Waals surface area contributed by atoms with Crippen LogP contribution in [0.3, 0.4) is 0 Å². The Labute approximate surface area is 130 Å². The normalized spacial score (nSPS) is 10.5. The van der Waals surface area contributed by atoms with Gasteiger partial charge in [0, 0.05) is 6.20 Å². The number of ether oxygens (including phenoxy) is 1. The summed E-state index contributed by atoms with van der Waals surface area (Å²) in [6.07, 6.45) is 1.57. The van der Waals surface area contributed by atoms with Crippen LogP contribution in [0.15, 0.2) is 40.3 Å². The molecule has 3 aromatic heterocycles. The molecule has 3 heterocycles. The number of nitrogens with zero attached hydrogens (tertiary/aromatic N) is 2. The number of rotatable bonds is 4. The topological polar surface area (TPSA) is 77.2 Å². The molecule has 0 saturated heterocycles. The highest BCUT2D eigenvalue weighted by Gasteiger charge is 2.20. The second-order valence-corrected chi connectivity index (χ2v) is 5.36. The summed E-state index contributed by atoms with van der Waals surface area (Å²) in [6.45, 7) is 1.70. The van der Waals surface area contributed by atoms with E-state index >= 15 is 0 Å². The number of pyridine rings is 1. The molecule has 3 rings (SSSR count). The first-order valence-electron chi connectivity index (χ1n) is 6.50. The van der Waals surface area contributed by atoms with Gasteiger partial charge in [0.25, 0.3) is 5.91 Å². The highest BCUT2D eigenvalue weighted by molar-refractivity contribution is 7.13. The van der Waals surface area contributed by atoms with Gasteiger partial charge < -0.3 is 14.5 Å². The minimum atomic E-state index is -0.388. The molecular weight excluding hydrogens is 302 g/mol. The van der Waals surface area contributed by atoms with E-state index in [-0.39, 0.29) is 11.6 Å². The van der Waals surface area contributed by atoms with Crippen LogP contribution < -0.4 is 10.1 Å². The molecule has 112 valence electrons. The number of amides is 1. The molecule has 0 aliphatic carbocycles. The molecule has 1 amide bonds. The molecule has 0 spiro atoms. The number of nitrogens with one attached hydrogen (secondary N) is 1. The van der Waals surface area contributed by atoms with Crippen molar-refractivity contribution in [1.29, 1.82) is 0 Å². The first kappa shape index (κ1) is 14.3. The lowest BCUT2D eigenvalue weighted by Crippen LogP contribution is -2.15. The van der Waals surface area contributed by atoms with Gasteiger partial charge >= 0.3 is 0 Å². The molecule has 0 saturated carbocycles. The van der Waals surface area contributed by atoms with E-state index in [0.29, 0.717) is 23.2 Å². The van der Waals surface area contributed by atoms with Crippen LogP contribution in [0.4, 0.5) is 5.82 Å². The summed E-state index contributed by atoms with van der Waals surface area (Å²) in [5.41, 5.74) is 0.233. The number of hydrogen-bond donors (Lipinski definition) is 1. The lowest BCUT2D eigenvalue weighted by Gasteiger charge is -2.07. The average Bonchev–Trinajstić information content (AvgIpc) is 3.17. The number of oxazole rings is 1. The molecule has 7 heteroatoms. The number of carbonyl (C=O) groups is 1. The van der Waals surface area contributed by atoms with Crippen LogP contribution in [0.25, 0.3) is 10.8 Å². The van der Waals surface area contributed by atoms with Crippen molar-refractivity contribution >= 4 is 23.1 Å². The van der Waals surface area contributed by atoms with Crippen molar-refractivity contribution < 1.29 is 13.9 Å². The number of hydrogen-bond acceptors (Lipinski definition) is 6. The van der Waals surface area contributed by atoms with Gasteiger partial charge in [-0.2, -0.15) is 0 Å². The Hall–Kier alpha value is -2.67. The van der Waals surface area contributed by atoms with Gasteiger partial charge in [-0.1, -0.05) is 6.07 Å². The van der Waals surface area contributed by atoms with Crippen molar-refractivity contribution in [2.24, 2.45) is 0 Å². The highest BCUT2D eigenvalue weighted by Crippen LogP contribution is 2.27. The molecular formula is C15H13N3O3S. The van der Waals surface area contributed by atoms with Crippen molar-refractivity contribution in [1.82, 2.24) is 9.97 Å². The van der Waals surface area contributed by atoms with Crippen molar-refractivity contribution in [2.75, 3.05) is 12.4 Å². The third kappa shape index (κ3) is 2.71. The number of aromatic nitrogens is 2. The zero-order chi connectivity index (χ0) is 15.5. The van der Waals surface area contributed by atoms with Gasteiger partial charge in [-0.3, -0.25) is 4.79 Å². The number of methoxy groups -OCH3 is 1. The van der Waals surface area contributed by atoms with Gasteiger partial charge in [0.05, 0.1) is 12.0 Å². The fourth-order valence-electron chi connectivity index (χ4n) is 1.93. The molecule has 0 unspecified atom stereocenters. The molecule has 22 heavy (non-hydrogen) atoms. The van der Waals surface area contributed by atoms with Crippen LogP contribution in [-0.4, -0.2) is 23.0 Å². The maximum atomic E-state index is 12.4. The van der Waals surface area contributed by atoms with Crippen LogP contribution in [0.2, 0.25) is 0 Å². The lowest BCUT2D eigenvalue weighted by molar-refractivity contribution is 0.102. The standard InChI is InChI=1S/C15H13N3O3S/c1-9-12(17-15(21-9)11-6-4-8-22-11)14(19)18-13-10(20-2)5-3-7-16-13/h3-8H,1-2H3,(H,16,18,19). The van der Waals surface area contributed by atoms with Crippen molar-refractivity contribution in [3.63, 3.8) is 0 Å². The molecule has 0 radical (unpaired) electrons. The van der Waals surface area contributed by atoms with E-state index in [0.717, 1.165) is 4.88 Å². The molecule has 0 fully saturated rings. The highest BCUT2D eigenvalue weighted by atomic mass is 32.1. The Balaban J connectivity index is 1.87. The van der Waals surface area contributed by atoms with E-state index < -0.39 is 0 Å². The number of anilines is 1. The summed E-state index contributed by atoms with van der Waals surface area (Å²) in [4.78, 5) is 21.6. The van der Waals surface area contributed by atoms with E-state index in [1.54, 1.807) is 25.3 Å². The largest absolute Gasteiger partial charge is 0.493 e. The number of carbonyl (C=O) groups excluding carboxylic acids is 1. The van der Waals surface area contributed by atoms with Crippen LogP contribution >= 0.6 is 11.3 Å². The van der Waals surface area contributed by atoms with Crippen molar-refractivity contribution in [3.05, 3.63) is 47.3 Å². The molecule has 6 nitrogen and oxygen atoms in total. The lowest BCUT2D eigenvalue weighted by atomic mass is 10.3. The van der Waals surface area contributed by atoms with Crippen LogP contribution in [-0.2, 0) is 0 Å². The van der Waals surface area contributed by atoms with Gasteiger partial charge in [-0.15, -0.1) is 11.3 Å². The molecule has 0 bridgehead atoms. The third-order valence-electron chi connectivity index (χ3n) is 2.97. The molecule has 0 aliphatic rings. The number of aryl methyl sites for hydroxylation is 1. The Morgan fingerprint density at radius 1 is 1.36 bits per heavy atom. The summed E-state index contributed by atoms with van der Waals surface area (Å²) < 4.78 is 10.7. The quantitative estimate of drug-likeness (QED) is 0.798. The van der Waals surface area contributed by atoms with Gasteiger partial charge in [0.15, 0.2) is 17.3 Å². The Morgan fingerprint density at radius 3 is 2.95 bits per heavy atom. The van der Waals surface area contributed by atoms with E-state index in [1.807, 2.05) is 17.5 Å². The molecule has 0 aliphatic heterocycles. The van der Waals surface area contributed by atoms with Gasteiger partial charge in [0.1, 0.15) is 5.76 Å². The van der Waals surface area contributed by atoms with Gasteiger partial charge in [-0.25, -0.2) is 9.97 Å². The first-order valence-corrected chi connectivity index (χ1v) is 7.38. The Morgan fingerprint density at radius 2 is 2.23 bits per heavy atom. The zero-order valence-electron chi connectivity index (χ0n) is 12.0. The zero-order valence-corrected chi connectivity index (χ0v) is 12.8. The fraction of sp³-hybridized carbons (Fsp3) is 0.133. The third-order valence-corrected chi connectivity index (χ3v) is 3.82. The van der Waals surface area contributed by atoms with Crippen LogP contribution in [0.5, 0.6) is 5.75 Å². The van der Waals surface area contributed by atoms with E-state index in [1.165, 1.54) is 18.4 Å². The van der Waals surface area contributed by atoms with E-state index in [9.17, 15) is 4.79 Å². The van der Waals surface area contributed by atoms with Gasteiger partial charge in [-0.05, 0) is 30.5 Å². The number of thiophene rings is 1. The fourth-order valence-corrected chi connectivity index (χ4v) is 2.58. The summed E-state index contributed by atoms with van der Waals surface area (Å²) in [7, 11) is 1.52. The van der Waals surface area contributed by atoms with Crippen molar-refractivity contribution in [3.8, 4) is 16.5 Å². The predicted octanol–water partition coefficient (Wildman–Crippen LogP) is 3.37. The van der Waals surface area contributed by atoms with E-state index in [2.05, 4.69) is 15.3 Å². The summed E-state index contributed by atoms with van der Waals surface area (Å²) >= 11 is 1.50. The molecule has 0 atom stereocenters. The maximum absolute atomic E-state index is 12.4. The minimum absolute atomic E-state index is 0.233. The average molecular weight is 315 g/mol. The van der Waals surface area contributed by atoms with Crippen molar-refractivity contribution in [2.45, 2.75) is 6.92 Å². The van der Waals surface area contributed by atoms with E-state index in [4.69, 9.17) is 9.15 Å². The summed E-state index contributed by atoms with van der Waals surface area (Å²) in [5.74, 6) is 1.33. The smallest absolute Gasteiger partial charge is 0.279 e. The van der Waals surface area contributed by atoms with Crippen LogP contribution in [0.1, 0.15) is 16.2 Å². The second-order valence-electron chi connectivity index (χ2n) is 4.41. The summed E-state index contributed by atoms with van der Waals surface area (Å²) in [6, 6.07) is 7.23. The minimum Gasteiger partial charge on any atom is -0.493 e. The monoisotopic (exact) mass is 315 g/mol. The van der Waals surface area contributed by atoms with Crippen LogP contribution in [0, 0.1) is 6.92 Å². The molecule has 3 aromatic rings. The second kappa shape index (κ2) is 5.98. The first-order chi connectivity index (χ1) is 10.7. The Kier molecular flexibility index (Phi) is 3.88. The summed E-state index contributed by atoms with van der Waals surface area (Å²) in [5, 5.41) is 4.61.